The van der Waals surface area contributed by atoms with Crippen LogP contribution in [0.3, 0.4) is 0 Å². The van der Waals surface area contributed by atoms with E-state index in [1.54, 1.807) is 11.8 Å². The molecular formula is C14H17N3OS2. The Balaban J connectivity index is 1.88. The van der Waals surface area contributed by atoms with E-state index in [2.05, 4.69) is 27.6 Å². The highest BCUT2D eigenvalue weighted by molar-refractivity contribution is 7.98. The molecule has 0 radical (unpaired) electrons. The van der Waals surface area contributed by atoms with Crippen molar-refractivity contribution in [3.05, 3.63) is 35.3 Å². The van der Waals surface area contributed by atoms with Crippen LogP contribution in [0.5, 0.6) is 0 Å². The van der Waals surface area contributed by atoms with Crippen LogP contribution in [0.2, 0.25) is 0 Å². The van der Waals surface area contributed by atoms with Gasteiger partial charge >= 0.3 is 0 Å². The van der Waals surface area contributed by atoms with Gasteiger partial charge in [-0.05, 0) is 18.6 Å². The molecule has 2 aromatic rings. The first-order chi connectivity index (χ1) is 9.69. The van der Waals surface area contributed by atoms with Gasteiger partial charge in [-0.25, -0.2) is 0 Å². The average Bonchev–Trinajstić information content (AvgIpc) is 2.92. The molecule has 1 N–H and O–H groups in total. The fourth-order valence-electron chi connectivity index (χ4n) is 1.44. The van der Waals surface area contributed by atoms with E-state index in [4.69, 9.17) is 0 Å². The van der Waals surface area contributed by atoms with Crippen molar-refractivity contribution in [1.29, 1.82) is 0 Å². The molecular weight excluding hydrogens is 290 g/mol. The topological polar surface area (TPSA) is 54.9 Å². The first-order valence-electron chi connectivity index (χ1n) is 6.50. The Morgan fingerprint density at radius 1 is 1.35 bits per heavy atom. The van der Waals surface area contributed by atoms with Gasteiger partial charge in [-0.1, -0.05) is 43.4 Å². The SMILES string of the molecule is CCC(C)C(=O)Nc1nnc(CSc2ccccc2)s1. The van der Waals surface area contributed by atoms with Gasteiger partial charge in [0.25, 0.3) is 0 Å². The third-order valence-corrected chi connectivity index (χ3v) is 4.91. The highest BCUT2D eigenvalue weighted by atomic mass is 32.2. The Morgan fingerprint density at radius 3 is 2.80 bits per heavy atom. The van der Waals surface area contributed by atoms with E-state index >= 15 is 0 Å². The lowest BCUT2D eigenvalue weighted by atomic mass is 10.1. The molecule has 4 nitrogen and oxygen atoms in total. The van der Waals surface area contributed by atoms with Gasteiger partial charge in [0.1, 0.15) is 5.01 Å². The van der Waals surface area contributed by atoms with Crippen LogP contribution < -0.4 is 5.32 Å². The summed E-state index contributed by atoms with van der Waals surface area (Å²) < 4.78 is 0. The van der Waals surface area contributed by atoms with Crippen molar-refractivity contribution in [2.24, 2.45) is 5.92 Å². The number of anilines is 1. The zero-order valence-electron chi connectivity index (χ0n) is 11.5. The van der Waals surface area contributed by atoms with Gasteiger partial charge < -0.3 is 5.32 Å². The molecule has 1 aromatic carbocycles. The van der Waals surface area contributed by atoms with Gasteiger partial charge in [-0.15, -0.1) is 22.0 Å². The molecule has 0 bridgehead atoms. The summed E-state index contributed by atoms with van der Waals surface area (Å²) in [6, 6.07) is 10.2. The van der Waals surface area contributed by atoms with Crippen LogP contribution >= 0.6 is 23.1 Å². The van der Waals surface area contributed by atoms with Crippen LogP contribution in [0.1, 0.15) is 25.3 Å². The van der Waals surface area contributed by atoms with Crippen LogP contribution in [-0.2, 0) is 10.5 Å². The van der Waals surface area contributed by atoms with Crippen LogP contribution in [0.15, 0.2) is 35.2 Å². The summed E-state index contributed by atoms with van der Waals surface area (Å²) in [7, 11) is 0. The summed E-state index contributed by atoms with van der Waals surface area (Å²) in [6.07, 6.45) is 0.821. The van der Waals surface area contributed by atoms with Gasteiger partial charge in [0, 0.05) is 10.8 Å². The second-order valence-electron chi connectivity index (χ2n) is 4.40. The number of amides is 1. The van der Waals surface area contributed by atoms with Crippen molar-refractivity contribution >= 4 is 34.1 Å². The summed E-state index contributed by atoms with van der Waals surface area (Å²) in [6.45, 7) is 3.90. The molecule has 1 amide bonds. The Morgan fingerprint density at radius 2 is 2.10 bits per heavy atom. The molecule has 2 rings (SSSR count). The third kappa shape index (κ3) is 4.31. The first kappa shape index (κ1) is 15.0. The molecule has 0 fully saturated rings. The molecule has 0 spiro atoms. The third-order valence-electron chi connectivity index (χ3n) is 2.86. The Labute approximate surface area is 127 Å². The van der Waals surface area contributed by atoms with Gasteiger partial charge in [0.2, 0.25) is 11.0 Å². The largest absolute Gasteiger partial charge is 0.300 e. The average molecular weight is 307 g/mol. The smallest absolute Gasteiger partial charge is 0.229 e. The molecule has 1 heterocycles. The van der Waals surface area contributed by atoms with E-state index in [0.717, 1.165) is 17.2 Å². The zero-order valence-corrected chi connectivity index (χ0v) is 13.1. The summed E-state index contributed by atoms with van der Waals surface area (Å²) in [5, 5.41) is 12.4. The van der Waals surface area contributed by atoms with Crippen LogP contribution in [0, 0.1) is 5.92 Å². The molecule has 1 aromatic heterocycles. The van der Waals surface area contributed by atoms with E-state index in [1.165, 1.54) is 16.2 Å². The van der Waals surface area contributed by atoms with Crippen LogP contribution in [0.25, 0.3) is 0 Å². The minimum atomic E-state index is 0.000966. The van der Waals surface area contributed by atoms with Crippen LogP contribution in [0.4, 0.5) is 5.13 Å². The molecule has 0 saturated carbocycles. The molecule has 6 heteroatoms. The number of nitrogens with one attached hydrogen (secondary N) is 1. The van der Waals surface area contributed by atoms with Gasteiger partial charge in [0.15, 0.2) is 0 Å². The molecule has 0 aliphatic heterocycles. The second-order valence-corrected chi connectivity index (χ2v) is 6.51. The van der Waals surface area contributed by atoms with E-state index in [-0.39, 0.29) is 11.8 Å². The first-order valence-corrected chi connectivity index (χ1v) is 8.30. The van der Waals surface area contributed by atoms with Crippen molar-refractivity contribution < 1.29 is 4.79 Å². The summed E-state index contributed by atoms with van der Waals surface area (Å²) in [4.78, 5) is 13.0. The minimum Gasteiger partial charge on any atom is -0.300 e. The minimum absolute atomic E-state index is 0.000966. The van der Waals surface area contributed by atoms with Gasteiger partial charge in [0.05, 0.1) is 5.75 Å². The van der Waals surface area contributed by atoms with Crippen molar-refractivity contribution in [3.63, 3.8) is 0 Å². The van der Waals surface area contributed by atoms with Crippen molar-refractivity contribution in [2.75, 3.05) is 5.32 Å². The molecule has 0 saturated heterocycles. The molecule has 1 atom stereocenters. The van der Waals surface area contributed by atoms with Crippen LogP contribution in [-0.4, -0.2) is 16.1 Å². The van der Waals surface area contributed by atoms with E-state index < -0.39 is 0 Å². The quantitative estimate of drug-likeness (QED) is 0.824. The number of thioether (sulfide) groups is 1. The standard InChI is InChI=1S/C14H17N3OS2/c1-3-10(2)13(18)15-14-17-16-12(20-14)9-19-11-7-5-4-6-8-11/h4-8,10H,3,9H2,1-2H3,(H,15,17,18). The predicted octanol–water partition coefficient (Wildman–Crippen LogP) is 3.82. The van der Waals surface area contributed by atoms with Crippen molar-refractivity contribution in [3.8, 4) is 0 Å². The molecule has 20 heavy (non-hydrogen) atoms. The normalized spacial score (nSPS) is 12.1. The number of nitrogens with zero attached hydrogens (tertiary/aromatic N) is 2. The highest BCUT2D eigenvalue weighted by Gasteiger charge is 2.13. The summed E-state index contributed by atoms with van der Waals surface area (Å²) in [5.74, 6) is 0.771. The fourth-order valence-corrected chi connectivity index (χ4v) is 3.09. The second kappa shape index (κ2) is 7.40. The molecule has 1 unspecified atom stereocenters. The number of carbonyl (C=O) groups excluding carboxylic acids is 1. The maximum absolute atomic E-state index is 11.8. The number of aromatic nitrogens is 2. The number of carbonyl (C=O) groups is 1. The number of hydrogen-bond acceptors (Lipinski definition) is 5. The zero-order chi connectivity index (χ0) is 14.4. The molecule has 106 valence electrons. The van der Waals surface area contributed by atoms with E-state index in [1.807, 2.05) is 32.0 Å². The predicted molar refractivity (Wildman–Crippen MR) is 84.0 cm³/mol. The monoisotopic (exact) mass is 307 g/mol. The Bertz CT molecular complexity index is 557. The fraction of sp³-hybridized carbons (Fsp3) is 0.357. The molecule has 0 aliphatic rings. The Kier molecular flexibility index (Phi) is 5.55. The van der Waals surface area contributed by atoms with Crippen molar-refractivity contribution in [1.82, 2.24) is 10.2 Å². The van der Waals surface area contributed by atoms with E-state index in [9.17, 15) is 4.79 Å². The maximum atomic E-state index is 11.8. The van der Waals surface area contributed by atoms with Gasteiger partial charge in [-0.3, -0.25) is 4.79 Å². The Hall–Kier alpha value is -1.40. The summed E-state index contributed by atoms with van der Waals surface area (Å²) in [5.41, 5.74) is 0. The number of hydrogen-bond donors (Lipinski definition) is 1. The lowest BCUT2D eigenvalue weighted by Crippen LogP contribution is -2.19. The highest BCUT2D eigenvalue weighted by Crippen LogP contribution is 2.25. The van der Waals surface area contributed by atoms with Gasteiger partial charge in [-0.2, -0.15) is 0 Å². The maximum Gasteiger partial charge on any atom is 0.229 e. The number of benzene rings is 1. The number of rotatable bonds is 6. The van der Waals surface area contributed by atoms with Crippen molar-refractivity contribution in [2.45, 2.75) is 30.9 Å². The lowest BCUT2D eigenvalue weighted by molar-refractivity contribution is -0.119. The van der Waals surface area contributed by atoms with E-state index in [0.29, 0.717) is 5.13 Å². The summed E-state index contributed by atoms with van der Waals surface area (Å²) >= 11 is 3.15. The molecule has 0 aliphatic carbocycles. The lowest BCUT2D eigenvalue weighted by Gasteiger charge is -2.06.